The van der Waals surface area contributed by atoms with Gasteiger partial charge in [-0.3, -0.25) is 9.72 Å². The van der Waals surface area contributed by atoms with Gasteiger partial charge < -0.3 is 5.32 Å². The number of anilines is 2. The van der Waals surface area contributed by atoms with Crippen LogP contribution in [0.15, 0.2) is 72.9 Å². The number of carbonyl (C=O) groups is 1. The van der Waals surface area contributed by atoms with Gasteiger partial charge in [0.05, 0.1) is 0 Å². The van der Waals surface area contributed by atoms with Crippen LogP contribution in [-0.2, 0) is 0 Å². The predicted octanol–water partition coefficient (Wildman–Crippen LogP) is 5.95. The number of aromatic nitrogens is 2. The molecule has 134 valence electrons. The number of amides is 2. The molecule has 2 heterocycles. The Labute approximate surface area is 165 Å². The number of fused-ring (bicyclic) bond motifs is 1. The molecule has 0 bridgehead atoms. The molecule has 4 aromatic rings. The van der Waals surface area contributed by atoms with Crippen LogP contribution in [-0.4, -0.2) is 15.4 Å². The van der Waals surface area contributed by atoms with Crippen molar-refractivity contribution in [2.24, 2.45) is 0 Å². The van der Waals surface area contributed by atoms with E-state index in [4.69, 9.17) is 23.2 Å². The second-order valence-corrected chi connectivity index (χ2v) is 6.71. The molecule has 0 aliphatic heterocycles. The number of benzene rings is 2. The highest BCUT2D eigenvalue weighted by Gasteiger charge is 2.16. The lowest BCUT2D eigenvalue weighted by Gasteiger charge is -2.10. The van der Waals surface area contributed by atoms with Crippen molar-refractivity contribution in [2.45, 2.75) is 0 Å². The van der Waals surface area contributed by atoms with Gasteiger partial charge in [-0.15, -0.1) is 0 Å². The van der Waals surface area contributed by atoms with Crippen molar-refractivity contribution in [3.05, 3.63) is 83.0 Å². The Balaban J connectivity index is 1.70. The zero-order valence-electron chi connectivity index (χ0n) is 14.0. The molecule has 0 fully saturated rings. The van der Waals surface area contributed by atoms with Crippen LogP contribution in [0.3, 0.4) is 0 Å². The van der Waals surface area contributed by atoms with Crippen LogP contribution in [0.4, 0.5) is 16.3 Å². The maximum absolute atomic E-state index is 12.5. The first-order valence-corrected chi connectivity index (χ1v) is 8.92. The van der Waals surface area contributed by atoms with E-state index < -0.39 is 6.03 Å². The smallest absolute Gasteiger partial charge is 0.308 e. The zero-order chi connectivity index (χ0) is 18.8. The van der Waals surface area contributed by atoms with Gasteiger partial charge in [-0.25, -0.2) is 9.78 Å². The quantitative estimate of drug-likeness (QED) is 0.449. The Hall–Kier alpha value is -3.02. The van der Waals surface area contributed by atoms with E-state index in [0.717, 1.165) is 11.2 Å². The SMILES string of the molecule is O=C(Nc1cccc(Cl)c1)Nc1c(-c2ccc(Cl)cc2)nc2ccccn12. The molecule has 0 radical (unpaired) electrons. The van der Waals surface area contributed by atoms with Crippen molar-refractivity contribution in [3.63, 3.8) is 0 Å². The molecule has 0 atom stereocenters. The molecule has 4 rings (SSSR count). The summed E-state index contributed by atoms with van der Waals surface area (Å²) >= 11 is 12.0. The first-order chi connectivity index (χ1) is 13.1. The fourth-order valence-electron chi connectivity index (χ4n) is 2.76. The van der Waals surface area contributed by atoms with E-state index >= 15 is 0 Å². The molecular weight excluding hydrogens is 383 g/mol. The first-order valence-electron chi connectivity index (χ1n) is 8.17. The second-order valence-electron chi connectivity index (χ2n) is 5.83. The van der Waals surface area contributed by atoms with Gasteiger partial charge in [0, 0.05) is 27.5 Å². The fraction of sp³-hybridized carbons (Fsp3) is 0. The molecule has 2 aromatic carbocycles. The number of nitrogens with one attached hydrogen (secondary N) is 2. The van der Waals surface area contributed by atoms with Crippen LogP contribution in [0.25, 0.3) is 16.9 Å². The molecule has 0 aliphatic rings. The summed E-state index contributed by atoms with van der Waals surface area (Å²) < 4.78 is 1.82. The van der Waals surface area contributed by atoms with E-state index in [1.54, 1.807) is 36.4 Å². The maximum atomic E-state index is 12.5. The molecule has 0 unspecified atom stereocenters. The van der Waals surface area contributed by atoms with Gasteiger partial charge in [-0.05, 0) is 42.5 Å². The number of hydrogen-bond donors (Lipinski definition) is 2. The molecule has 0 saturated carbocycles. The molecule has 27 heavy (non-hydrogen) atoms. The highest BCUT2D eigenvalue weighted by Crippen LogP contribution is 2.29. The van der Waals surface area contributed by atoms with Crippen molar-refractivity contribution < 1.29 is 4.79 Å². The lowest BCUT2D eigenvalue weighted by molar-refractivity contribution is 0.262. The van der Waals surface area contributed by atoms with E-state index in [9.17, 15) is 4.79 Å². The molecule has 5 nitrogen and oxygen atoms in total. The molecule has 2 amide bonds. The van der Waals surface area contributed by atoms with Gasteiger partial charge in [0.2, 0.25) is 0 Å². The van der Waals surface area contributed by atoms with E-state index in [2.05, 4.69) is 15.6 Å². The Morgan fingerprint density at radius 2 is 1.70 bits per heavy atom. The molecular formula is C20H14Cl2N4O. The number of hydrogen-bond acceptors (Lipinski definition) is 2. The van der Waals surface area contributed by atoms with Gasteiger partial charge in [-0.1, -0.05) is 47.5 Å². The van der Waals surface area contributed by atoms with Crippen LogP contribution in [0.5, 0.6) is 0 Å². The molecule has 7 heteroatoms. The number of carbonyl (C=O) groups excluding carboxylic acids is 1. The third kappa shape index (κ3) is 3.74. The summed E-state index contributed by atoms with van der Waals surface area (Å²) in [5.74, 6) is 0.562. The van der Waals surface area contributed by atoms with E-state index in [1.807, 2.05) is 40.9 Å². The number of rotatable bonds is 3. The highest BCUT2D eigenvalue weighted by molar-refractivity contribution is 6.31. The molecule has 0 aliphatic carbocycles. The Kier molecular flexibility index (Phi) is 4.71. The molecule has 2 aromatic heterocycles. The fourth-order valence-corrected chi connectivity index (χ4v) is 3.08. The lowest BCUT2D eigenvalue weighted by Crippen LogP contribution is -2.20. The van der Waals surface area contributed by atoms with Crippen LogP contribution in [0.1, 0.15) is 0 Å². The van der Waals surface area contributed by atoms with Crippen LogP contribution >= 0.6 is 23.2 Å². The maximum Gasteiger partial charge on any atom is 0.324 e. The zero-order valence-corrected chi connectivity index (χ0v) is 15.5. The topological polar surface area (TPSA) is 58.4 Å². The van der Waals surface area contributed by atoms with Crippen molar-refractivity contribution >= 4 is 46.4 Å². The van der Waals surface area contributed by atoms with E-state index in [-0.39, 0.29) is 0 Å². The van der Waals surface area contributed by atoms with Crippen molar-refractivity contribution in [1.82, 2.24) is 9.38 Å². The summed E-state index contributed by atoms with van der Waals surface area (Å²) in [6, 6.07) is 19.5. The average molecular weight is 397 g/mol. The number of nitrogens with zero attached hydrogens (tertiary/aromatic N) is 2. The van der Waals surface area contributed by atoms with Gasteiger partial charge >= 0.3 is 6.03 Å². The lowest BCUT2D eigenvalue weighted by atomic mass is 10.1. The van der Waals surface area contributed by atoms with Gasteiger partial charge in [0.1, 0.15) is 17.2 Å². The Morgan fingerprint density at radius 3 is 2.48 bits per heavy atom. The monoisotopic (exact) mass is 396 g/mol. The number of halogens is 2. The number of urea groups is 1. The van der Waals surface area contributed by atoms with Gasteiger partial charge in [0.15, 0.2) is 0 Å². The minimum absolute atomic E-state index is 0.391. The predicted molar refractivity (Wildman–Crippen MR) is 110 cm³/mol. The number of imidazole rings is 1. The molecule has 0 saturated heterocycles. The minimum Gasteiger partial charge on any atom is -0.308 e. The average Bonchev–Trinajstić information content (AvgIpc) is 3.01. The summed E-state index contributed by atoms with van der Waals surface area (Å²) in [7, 11) is 0. The van der Waals surface area contributed by atoms with Crippen LogP contribution < -0.4 is 10.6 Å². The normalized spacial score (nSPS) is 10.7. The summed E-state index contributed by atoms with van der Waals surface area (Å²) in [6.07, 6.45) is 1.84. The van der Waals surface area contributed by atoms with Crippen molar-refractivity contribution in [1.29, 1.82) is 0 Å². The summed E-state index contributed by atoms with van der Waals surface area (Å²) in [5, 5.41) is 6.85. The van der Waals surface area contributed by atoms with Crippen LogP contribution in [0, 0.1) is 0 Å². The summed E-state index contributed by atoms with van der Waals surface area (Å²) in [5.41, 5.74) is 2.82. The second kappa shape index (κ2) is 7.31. The van der Waals surface area contributed by atoms with E-state index in [0.29, 0.717) is 27.2 Å². The van der Waals surface area contributed by atoms with Gasteiger partial charge in [0.25, 0.3) is 0 Å². The standard InChI is InChI=1S/C20H14Cl2N4O/c21-14-9-7-13(8-10-14)18-19(26-11-2-1-6-17(26)24-18)25-20(27)23-16-5-3-4-15(22)12-16/h1-12H,(H2,23,25,27). The van der Waals surface area contributed by atoms with E-state index in [1.165, 1.54) is 0 Å². The Bertz CT molecular complexity index is 1120. The van der Waals surface area contributed by atoms with Crippen molar-refractivity contribution in [2.75, 3.05) is 10.6 Å². The molecule has 2 N–H and O–H groups in total. The first kappa shape index (κ1) is 17.4. The van der Waals surface area contributed by atoms with Crippen LogP contribution in [0.2, 0.25) is 10.0 Å². The Morgan fingerprint density at radius 1 is 0.889 bits per heavy atom. The highest BCUT2D eigenvalue weighted by atomic mass is 35.5. The molecule has 0 spiro atoms. The van der Waals surface area contributed by atoms with Crippen molar-refractivity contribution in [3.8, 4) is 11.3 Å². The third-order valence-electron chi connectivity index (χ3n) is 3.96. The van der Waals surface area contributed by atoms with Gasteiger partial charge in [-0.2, -0.15) is 0 Å². The third-order valence-corrected chi connectivity index (χ3v) is 4.45. The summed E-state index contributed by atoms with van der Waals surface area (Å²) in [4.78, 5) is 17.2. The summed E-state index contributed by atoms with van der Waals surface area (Å²) in [6.45, 7) is 0. The minimum atomic E-state index is -0.391. The largest absolute Gasteiger partial charge is 0.324 e. The number of pyridine rings is 1.